The highest BCUT2D eigenvalue weighted by molar-refractivity contribution is 7.88. The number of hydrogen-bond donors (Lipinski definition) is 2. The third kappa shape index (κ3) is 5.52. The summed E-state index contributed by atoms with van der Waals surface area (Å²) < 4.78 is 93.6. The van der Waals surface area contributed by atoms with Crippen molar-refractivity contribution in [2.75, 3.05) is 31.6 Å². The highest BCUT2D eigenvalue weighted by Crippen LogP contribution is 2.37. The molecule has 17 heteroatoms. The van der Waals surface area contributed by atoms with Crippen LogP contribution >= 0.6 is 0 Å². The number of aryl methyl sites for hydroxylation is 1. The normalized spacial score (nSPS) is 28.1. The smallest absolute Gasteiger partial charge is 0.423 e. The minimum Gasteiger partial charge on any atom is -0.471 e. The van der Waals surface area contributed by atoms with E-state index in [1.54, 1.807) is 0 Å². The van der Waals surface area contributed by atoms with Gasteiger partial charge in [-0.2, -0.15) is 22.5 Å². The lowest BCUT2D eigenvalue weighted by atomic mass is 9.95. The Morgan fingerprint density at radius 3 is 2.67 bits per heavy atom. The molecular weight excluding hydrogens is 514 g/mol. The minimum absolute atomic E-state index is 0.0253. The van der Waals surface area contributed by atoms with Crippen LogP contribution in [-0.2, 0) is 28.0 Å². The number of hydrogen-bond acceptors (Lipinski definition) is 10. The second kappa shape index (κ2) is 9.68. The molecule has 2 fully saturated rings. The summed E-state index contributed by atoms with van der Waals surface area (Å²) in [6.07, 6.45) is -5.79. The van der Waals surface area contributed by atoms with Gasteiger partial charge in [-0.05, 0) is 13.3 Å². The number of piperidine rings is 1. The van der Waals surface area contributed by atoms with Crippen LogP contribution in [0.25, 0.3) is 0 Å². The van der Waals surface area contributed by atoms with Gasteiger partial charge in [0.05, 0.1) is 19.3 Å². The van der Waals surface area contributed by atoms with E-state index in [4.69, 9.17) is 9.47 Å². The molecule has 4 atom stereocenters. The topological polar surface area (TPSA) is 145 Å². The van der Waals surface area contributed by atoms with Crippen molar-refractivity contribution in [3.63, 3.8) is 0 Å². The maximum Gasteiger partial charge on any atom is 0.423 e. The Hall–Kier alpha value is -2.63. The number of aliphatic hydroxyl groups is 1. The molecule has 0 aliphatic carbocycles. The first-order chi connectivity index (χ1) is 16.8. The molecule has 36 heavy (non-hydrogen) atoms. The fourth-order valence-electron chi connectivity index (χ4n) is 3.89. The van der Waals surface area contributed by atoms with Gasteiger partial charge in [0.2, 0.25) is 11.8 Å². The lowest BCUT2D eigenvalue weighted by molar-refractivity contribution is -0.152. The van der Waals surface area contributed by atoms with Crippen molar-refractivity contribution in [1.29, 1.82) is 0 Å². The van der Waals surface area contributed by atoms with Crippen LogP contribution in [-0.4, -0.2) is 92.8 Å². The van der Waals surface area contributed by atoms with Gasteiger partial charge in [-0.25, -0.2) is 22.8 Å². The van der Waals surface area contributed by atoms with Crippen molar-refractivity contribution < 1.29 is 40.6 Å². The van der Waals surface area contributed by atoms with E-state index in [0.717, 1.165) is 4.31 Å². The molecule has 200 valence electrons. The van der Waals surface area contributed by atoms with E-state index < -0.39 is 63.3 Å². The summed E-state index contributed by atoms with van der Waals surface area (Å²) in [7, 11) is -2.62. The second-order valence-electron chi connectivity index (χ2n) is 8.83. The molecule has 0 radical (unpaired) electrons. The highest BCUT2D eigenvalue weighted by atomic mass is 32.2. The Balaban J connectivity index is 1.50. The minimum atomic E-state index is -4.84. The van der Waals surface area contributed by atoms with Crippen LogP contribution in [0.2, 0.25) is 0 Å². The molecule has 4 rings (SSSR count). The predicted octanol–water partition coefficient (Wildman–Crippen LogP) is 0.756. The molecule has 2 aromatic heterocycles. The van der Waals surface area contributed by atoms with Gasteiger partial charge in [0.1, 0.15) is 29.8 Å². The summed E-state index contributed by atoms with van der Waals surface area (Å²) in [5.41, 5.74) is -2.80. The van der Waals surface area contributed by atoms with Crippen molar-refractivity contribution in [3.8, 4) is 5.88 Å². The molecule has 0 saturated carbocycles. The maximum atomic E-state index is 15.0. The van der Waals surface area contributed by atoms with Gasteiger partial charge in [0.15, 0.2) is 0 Å². The molecule has 0 aromatic carbocycles. The van der Waals surface area contributed by atoms with Gasteiger partial charge in [-0.1, -0.05) is 0 Å². The number of nitrogens with zero attached hydrogens (tertiary/aromatic N) is 6. The Bertz CT molecular complexity index is 1190. The summed E-state index contributed by atoms with van der Waals surface area (Å²) >= 11 is 0. The number of alkyl halides is 4. The molecule has 2 aliphatic rings. The molecule has 2 aromatic rings. The largest absolute Gasteiger partial charge is 0.471 e. The van der Waals surface area contributed by atoms with Gasteiger partial charge in [-0.3, -0.25) is 4.68 Å². The predicted molar refractivity (Wildman–Crippen MR) is 114 cm³/mol. The Morgan fingerprint density at radius 1 is 1.31 bits per heavy atom. The van der Waals surface area contributed by atoms with Crippen molar-refractivity contribution in [2.24, 2.45) is 7.05 Å². The summed E-state index contributed by atoms with van der Waals surface area (Å²) in [6.45, 7) is 0.812. The van der Waals surface area contributed by atoms with Crippen LogP contribution in [0.5, 0.6) is 5.88 Å². The van der Waals surface area contributed by atoms with E-state index in [2.05, 4.69) is 25.4 Å². The van der Waals surface area contributed by atoms with Gasteiger partial charge < -0.3 is 19.9 Å². The number of rotatable bonds is 6. The van der Waals surface area contributed by atoms with Crippen LogP contribution in [0.3, 0.4) is 0 Å². The fourth-order valence-corrected chi connectivity index (χ4v) is 5.22. The van der Waals surface area contributed by atoms with E-state index in [9.17, 15) is 31.1 Å². The van der Waals surface area contributed by atoms with E-state index >= 15 is 0 Å². The zero-order valence-electron chi connectivity index (χ0n) is 19.3. The first-order valence-electron chi connectivity index (χ1n) is 10.9. The van der Waals surface area contributed by atoms with E-state index in [1.807, 2.05) is 0 Å². The Labute approximate surface area is 203 Å². The van der Waals surface area contributed by atoms with Crippen LogP contribution in [0.15, 0.2) is 17.7 Å². The van der Waals surface area contributed by atoms with Crippen LogP contribution in [0.1, 0.15) is 25.3 Å². The van der Waals surface area contributed by atoms with Crippen LogP contribution in [0.4, 0.5) is 23.5 Å². The van der Waals surface area contributed by atoms with E-state index in [0.29, 0.717) is 6.20 Å². The second-order valence-corrected chi connectivity index (χ2v) is 10.7. The first kappa shape index (κ1) is 26.4. The molecule has 2 saturated heterocycles. The molecule has 2 aliphatic heterocycles. The molecule has 0 amide bonds. The lowest BCUT2D eigenvalue weighted by Crippen LogP contribution is -2.51. The number of aromatic nitrogens is 5. The Morgan fingerprint density at radius 2 is 2.06 bits per heavy atom. The lowest BCUT2D eigenvalue weighted by Gasteiger charge is -2.36. The molecule has 2 N–H and O–H groups in total. The molecule has 12 nitrogen and oxygen atoms in total. The highest BCUT2D eigenvalue weighted by Gasteiger charge is 2.42. The van der Waals surface area contributed by atoms with Crippen molar-refractivity contribution >= 4 is 16.0 Å². The number of anilines is 1. The molecular formula is C19H25F4N7O5S. The first-order valence-corrected chi connectivity index (χ1v) is 12.4. The zero-order chi connectivity index (χ0) is 26.3. The van der Waals surface area contributed by atoms with Gasteiger partial charge in [-0.15, -0.1) is 5.10 Å². The van der Waals surface area contributed by atoms with E-state index in [1.165, 1.54) is 25.0 Å². The Kier molecular flexibility index (Phi) is 7.11. The third-order valence-electron chi connectivity index (χ3n) is 5.89. The number of nitrogens with one attached hydrogen (secondary N) is 1. The summed E-state index contributed by atoms with van der Waals surface area (Å²) in [5.74, 6) is -1.15. The number of halogens is 4. The molecule has 4 heterocycles. The van der Waals surface area contributed by atoms with E-state index in [-0.39, 0.29) is 38.5 Å². The number of ether oxygens (including phenoxy) is 2. The average molecular weight is 540 g/mol. The van der Waals surface area contributed by atoms with Gasteiger partial charge in [0, 0.05) is 32.8 Å². The van der Waals surface area contributed by atoms with Crippen molar-refractivity contribution in [1.82, 2.24) is 29.0 Å². The summed E-state index contributed by atoms with van der Waals surface area (Å²) in [6, 6.07) is -0.982. The summed E-state index contributed by atoms with van der Waals surface area (Å²) in [5, 5.41) is 16.4. The monoisotopic (exact) mass is 539 g/mol. The van der Waals surface area contributed by atoms with Gasteiger partial charge in [0.25, 0.3) is 15.2 Å². The standard InChI is InChI=1S/C19H25F4N7O5S/c1-18(31)9-34-6-4-14(18)35-15-11(19(21,22)23)7-24-16(27-15)26-13-3-5-30(8-12(13)20)36(32,33)17-25-10-29(2)28-17/h7,10,12-14,31H,3-6,8-9H2,1-2H3,(H,24,26,27)/t12-,13-,14-,18+/m1/s1. The molecule has 0 unspecified atom stereocenters. The average Bonchev–Trinajstić information content (AvgIpc) is 3.23. The fraction of sp³-hybridized carbons (Fsp3) is 0.684. The maximum absolute atomic E-state index is 15.0. The molecule has 0 spiro atoms. The van der Waals surface area contributed by atoms with Crippen LogP contribution < -0.4 is 10.1 Å². The zero-order valence-corrected chi connectivity index (χ0v) is 20.1. The van der Waals surface area contributed by atoms with Gasteiger partial charge >= 0.3 is 6.18 Å². The van der Waals surface area contributed by atoms with Crippen LogP contribution in [0, 0.1) is 0 Å². The molecule has 0 bridgehead atoms. The van der Waals surface area contributed by atoms with Crippen molar-refractivity contribution in [2.45, 2.75) is 55.0 Å². The van der Waals surface area contributed by atoms with Crippen molar-refractivity contribution in [3.05, 3.63) is 18.1 Å². The SMILES string of the molecule is Cn1cnc(S(=O)(=O)N2CC[C@@H](Nc3ncc(C(F)(F)F)c(O[C@@H]4CCOC[C@]4(C)O)n3)[C@H](F)C2)n1. The number of sulfonamides is 1. The quantitative estimate of drug-likeness (QED) is 0.505. The summed E-state index contributed by atoms with van der Waals surface area (Å²) in [4.78, 5) is 11.2. The third-order valence-corrected chi connectivity index (χ3v) is 7.55.